The molecule has 24 heavy (non-hydrogen) atoms. The van der Waals surface area contributed by atoms with Gasteiger partial charge in [0.15, 0.2) is 0 Å². The average molecular weight is 352 g/mol. The number of hydrogen-bond acceptors (Lipinski definition) is 5. The molecule has 3 rings (SSSR count). The number of aromatic nitrogens is 2. The first-order chi connectivity index (χ1) is 11.3. The van der Waals surface area contributed by atoms with E-state index < -0.39 is 17.6 Å². The predicted molar refractivity (Wildman–Crippen MR) is 86.0 cm³/mol. The van der Waals surface area contributed by atoms with Crippen LogP contribution in [0.4, 0.5) is 24.7 Å². The highest BCUT2D eigenvalue weighted by molar-refractivity contribution is 7.20. The molecule has 2 aromatic heterocycles. The molecule has 0 aliphatic heterocycles. The number of nitrogen functional groups attached to an aromatic ring is 1. The van der Waals surface area contributed by atoms with Crippen molar-refractivity contribution in [1.29, 1.82) is 0 Å². The fraction of sp³-hybridized carbons (Fsp3) is 0.133. The van der Waals surface area contributed by atoms with Gasteiger partial charge in [-0.3, -0.25) is 4.79 Å². The number of nitrogens with zero attached hydrogens (tertiary/aromatic N) is 2. The van der Waals surface area contributed by atoms with Gasteiger partial charge < -0.3 is 11.1 Å². The quantitative estimate of drug-likeness (QED) is 0.734. The number of benzene rings is 1. The van der Waals surface area contributed by atoms with Crippen LogP contribution in [0.15, 0.2) is 30.6 Å². The van der Waals surface area contributed by atoms with Crippen molar-refractivity contribution in [3.8, 4) is 0 Å². The molecule has 3 aromatic rings. The SMILES string of the molecule is Cc1c(C(=O)Nc2cccc(C(F)(F)F)c2)sc2ncnc(N)c12. The zero-order chi connectivity index (χ0) is 17.5. The third-order valence-electron chi connectivity index (χ3n) is 3.41. The van der Waals surface area contributed by atoms with E-state index in [1.165, 1.54) is 18.5 Å². The van der Waals surface area contributed by atoms with Gasteiger partial charge in [-0.1, -0.05) is 6.07 Å². The molecule has 124 valence electrons. The summed E-state index contributed by atoms with van der Waals surface area (Å²) in [4.78, 5) is 21.2. The second-order valence-corrected chi connectivity index (χ2v) is 6.03. The second kappa shape index (κ2) is 5.75. The fourth-order valence-corrected chi connectivity index (χ4v) is 3.33. The van der Waals surface area contributed by atoms with Gasteiger partial charge in [-0.2, -0.15) is 13.2 Å². The fourth-order valence-electron chi connectivity index (χ4n) is 2.28. The third-order valence-corrected chi connectivity index (χ3v) is 4.61. The van der Waals surface area contributed by atoms with Gasteiger partial charge in [0, 0.05) is 5.69 Å². The summed E-state index contributed by atoms with van der Waals surface area (Å²) in [7, 11) is 0. The number of carbonyl (C=O) groups is 1. The molecule has 0 radical (unpaired) electrons. The van der Waals surface area contributed by atoms with Gasteiger partial charge in [0.2, 0.25) is 0 Å². The molecule has 0 aliphatic carbocycles. The van der Waals surface area contributed by atoms with Crippen molar-refractivity contribution < 1.29 is 18.0 Å². The first kappa shape index (κ1) is 16.2. The summed E-state index contributed by atoms with van der Waals surface area (Å²) in [6.07, 6.45) is -3.18. The minimum atomic E-state index is -4.47. The molecule has 0 aliphatic rings. The molecule has 0 atom stereocenters. The molecular weight excluding hydrogens is 341 g/mol. The van der Waals surface area contributed by atoms with Crippen molar-refractivity contribution in [3.05, 3.63) is 46.6 Å². The van der Waals surface area contributed by atoms with Crippen molar-refractivity contribution >= 4 is 39.0 Å². The van der Waals surface area contributed by atoms with Crippen LogP contribution in [0.1, 0.15) is 20.8 Å². The summed E-state index contributed by atoms with van der Waals surface area (Å²) in [5.41, 5.74) is 5.62. The van der Waals surface area contributed by atoms with Gasteiger partial charge in [-0.15, -0.1) is 11.3 Å². The van der Waals surface area contributed by atoms with Gasteiger partial charge in [-0.25, -0.2) is 9.97 Å². The number of rotatable bonds is 2. The minimum Gasteiger partial charge on any atom is -0.383 e. The number of carbonyl (C=O) groups excluding carboxylic acids is 1. The lowest BCUT2D eigenvalue weighted by atomic mass is 10.1. The van der Waals surface area contributed by atoms with E-state index in [4.69, 9.17) is 5.73 Å². The molecule has 0 fully saturated rings. The number of fused-ring (bicyclic) bond motifs is 1. The molecule has 1 amide bonds. The molecule has 0 unspecified atom stereocenters. The van der Waals surface area contributed by atoms with Crippen molar-refractivity contribution in [2.75, 3.05) is 11.1 Å². The number of alkyl halides is 3. The van der Waals surface area contributed by atoms with Crippen LogP contribution in [0, 0.1) is 6.92 Å². The number of halogens is 3. The Morgan fingerprint density at radius 1 is 1.29 bits per heavy atom. The first-order valence-corrected chi connectivity index (χ1v) is 7.57. The lowest BCUT2D eigenvalue weighted by Gasteiger charge is -2.09. The molecule has 0 spiro atoms. The van der Waals surface area contributed by atoms with Crippen molar-refractivity contribution in [1.82, 2.24) is 9.97 Å². The molecule has 9 heteroatoms. The number of amides is 1. The maximum atomic E-state index is 12.7. The summed E-state index contributed by atoms with van der Waals surface area (Å²) >= 11 is 1.11. The summed E-state index contributed by atoms with van der Waals surface area (Å²) in [6.45, 7) is 1.69. The second-order valence-electron chi connectivity index (χ2n) is 5.03. The van der Waals surface area contributed by atoms with Crippen molar-refractivity contribution in [3.63, 3.8) is 0 Å². The van der Waals surface area contributed by atoms with Crippen molar-refractivity contribution in [2.45, 2.75) is 13.1 Å². The van der Waals surface area contributed by atoms with Crippen LogP contribution in [0.2, 0.25) is 0 Å². The van der Waals surface area contributed by atoms with E-state index in [0.717, 1.165) is 23.5 Å². The molecular formula is C15H11F3N4OS. The van der Waals surface area contributed by atoms with E-state index in [1.54, 1.807) is 6.92 Å². The molecule has 2 heterocycles. The Morgan fingerprint density at radius 2 is 2.04 bits per heavy atom. The minimum absolute atomic E-state index is 0.0609. The normalized spacial score (nSPS) is 11.7. The van der Waals surface area contributed by atoms with Crippen LogP contribution >= 0.6 is 11.3 Å². The monoisotopic (exact) mass is 352 g/mol. The van der Waals surface area contributed by atoms with Crippen LogP contribution in [0.5, 0.6) is 0 Å². The molecule has 5 nitrogen and oxygen atoms in total. The van der Waals surface area contributed by atoms with E-state index in [1.807, 2.05) is 0 Å². The first-order valence-electron chi connectivity index (χ1n) is 6.75. The van der Waals surface area contributed by atoms with Gasteiger partial charge in [-0.05, 0) is 30.7 Å². The third kappa shape index (κ3) is 2.90. The number of hydrogen-bond donors (Lipinski definition) is 2. The predicted octanol–water partition coefficient (Wildman–Crippen LogP) is 3.85. The topological polar surface area (TPSA) is 80.9 Å². The number of nitrogens with two attached hydrogens (primary N) is 1. The molecule has 1 aromatic carbocycles. The number of nitrogens with one attached hydrogen (secondary N) is 1. The van der Waals surface area contributed by atoms with E-state index in [9.17, 15) is 18.0 Å². The largest absolute Gasteiger partial charge is 0.416 e. The van der Waals surface area contributed by atoms with Crippen LogP contribution < -0.4 is 11.1 Å². The number of anilines is 2. The summed E-state index contributed by atoms with van der Waals surface area (Å²) < 4.78 is 38.2. The van der Waals surface area contributed by atoms with Gasteiger partial charge in [0.1, 0.15) is 17.0 Å². The van der Waals surface area contributed by atoms with Gasteiger partial charge >= 0.3 is 6.18 Å². The highest BCUT2D eigenvalue weighted by Gasteiger charge is 2.30. The maximum Gasteiger partial charge on any atom is 0.416 e. The van der Waals surface area contributed by atoms with Crippen LogP contribution in [0.25, 0.3) is 10.2 Å². The highest BCUT2D eigenvalue weighted by Crippen LogP contribution is 2.33. The van der Waals surface area contributed by atoms with Crippen LogP contribution in [-0.4, -0.2) is 15.9 Å². The van der Waals surface area contributed by atoms with E-state index in [-0.39, 0.29) is 11.5 Å². The average Bonchev–Trinajstić information content (AvgIpc) is 2.85. The molecule has 0 bridgehead atoms. The zero-order valence-corrected chi connectivity index (χ0v) is 13.1. The van der Waals surface area contributed by atoms with Gasteiger partial charge in [0.05, 0.1) is 15.8 Å². The maximum absolute atomic E-state index is 12.7. The summed E-state index contributed by atoms with van der Waals surface area (Å²) in [5.74, 6) is -0.263. The Labute approximate surface area is 138 Å². The van der Waals surface area contributed by atoms with E-state index in [2.05, 4.69) is 15.3 Å². The Kier molecular flexibility index (Phi) is 3.88. The Balaban J connectivity index is 1.94. The van der Waals surface area contributed by atoms with Gasteiger partial charge in [0.25, 0.3) is 5.91 Å². The Hall–Kier alpha value is -2.68. The highest BCUT2D eigenvalue weighted by atomic mass is 32.1. The number of thiophene rings is 1. The van der Waals surface area contributed by atoms with E-state index in [0.29, 0.717) is 20.7 Å². The van der Waals surface area contributed by atoms with E-state index >= 15 is 0 Å². The molecule has 0 saturated carbocycles. The lowest BCUT2D eigenvalue weighted by Crippen LogP contribution is -2.12. The smallest absolute Gasteiger partial charge is 0.383 e. The zero-order valence-electron chi connectivity index (χ0n) is 12.3. The van der Waals surface area contributed by atoms with Crippen molar-refractivity contribution in [2.24, 2.45) is 0 Å². The lowest BCUT2D eigenvalue weighted by molar-refractivity contribution is -0.137. The summed E-state index contributed by atoms with van der Waals surface area (Å²) in [6, 6.07) is 4.45. The molecule has 3 N–H and O–H groups in total. The Bertz CT molecular complexity index is 936. The number of aryl methyl sites for hydroxylation is 1. The summed E-state index contributed by atoms with van der Waals surface area (Å²) in [5, 5.41) is 3.05. The molecule has 0 saturated heterocycles. The van der Waals surface area contributed by atoms with Crippen LogP contribution in [0.3, 0.4) is 0 Å². The Morgan fingerprint density at radius 3 is 2.71 bits per heavy atom. The standard InChI is InChI=1S/C15H11F3N4OS/c1-7-10-12(19)20-6-21-14(10)24-11(7)13(23)22-9-4-2-3-8(5-9)15(16,17)18/h2-6H,1H3,(H,22,23)(H2,19,20,21). The van der Waals surface area contributed by atoms with Crippen LogP contribution in [-0.2, 0) is 6.18 Å².